The van der Waals surface area contributed by atoms with E-state index in [0.29, 0.717) is 33.4 Å². The molecule has 1 aromatic heterocycles. The topological polar surface area (TPSA) is 101 Å². The van der Waals surface area contributed by atoms with E-state index in [1.54, 1.807) is 48.5 Å². The number of carboxylic acids is 1. The number of aromatic nitrogens is 2. The van der Waals surface area contributed by atoms with Crippen molar-refractivity contribution < 1.29 is 14.7 Å². The molecule has 1 aliphatic heterocycles. The molecule has 3 aromatic carbocycles. The van der Waals surface area contributed by atoms with Crippen molar-refractivity contribution in [3.63, 3.8) is 0 Å². The van der Waals surface area contributed by atoms with E-state index in [2.05, 4.69) is 26.2 Å². The van der Waals surface area contributed by atoms with E-state index in [1.165, 1.54) is 16.7 Å². The molecule has 0 saturated carbocycles. The van der Waals surface area contributed by atoms with Gasteiger partial charge in [-0.2, -0.15) is 0 Å². The number of rotatable bonds is 3. The summed E-state index contributed by atoms with van der Waals surface area (Å²) in [7, 11) is 0. The Kier molecular flexibility index (Phi) is 4.71. The molecule has 0 spiro atoms. The summed E-state index contributed by atoms with van der Waals surface area (Å²) in [5, 5.41) is 12.6. The van der Waals surface area contributed by atoms with E-state index in [9.17, 15) is 19.5 Å². The molecule has 0 atom stereocenters. The molecule has 0 unspecified atom stereocenters. The standard InChI is InChI=1S/C24H14BrN3O4/c25-14-8-9-20-17(11-14)18(22(29)27-20)12-21-26-19-7-2-1-6-16(19)23(30)28(21)15-5-3-4-13(10-15)24(31)32/h1-12H,(H,27,29)(H,31,32). The van der Waals surface area contributed by atoms with Crippen molar-refractivity contribution >= 4 is 56.0 Å². The van der Waals surface area contributed by atoms with Gasteiger partial charge in [0.2, 0.25) is 0 Å². The van der Waals surface area contributed by atoms with Crippen LogP contribution in [0.2, 0.25) is 0 Å². The first-order valence-corrected chi connectivity index (χ1v) is 10.4. The second-order valence-corrected chi connectivity index (χ2v) is 8.10. The lowest BCUT2D eigenvalue weighted by Gasteiger charge is -2.12. The number of para-hydroxylation sites is 1. The zero-order chi connectivity index (χ0) is 22.4. The highest BCUT2D eigenvalue weighted by Gasteiger charge is 2.25. The maximum Gasteiger partial charge on any atom is 0.335 e. The second-order valence-electron chi connectivity index (χ2n) is 7.19. The average molecular weight is 488 g/mol. The third-order valence-electron chi connectivity index (χ3n) is 5.19. The minimum Gasteiger partial charge on any atom is -0.478 e. The predicted molar refractivity (Wildman–Crippen MR) is 125 cm³/mol. The van der Waals surface area contributed by atoms with E-state index in [0.717, 1.165) is 4.47 Å². The molecule has 2 heterocycles. The zero-order valence-corrected chi connectivity index (χ0v) is 18.0. The molecule has 5 rings (SSSR count). The predicted octanol–water partition coefficient (Wildman–Crippen LogP) is 4.34. The number of carbonyl (C=O) groups is 2. The van der Waals surface area contributed by atoms with Gasteiger partial charge in [-0.15, -0.1) is 0 Å². The summed E-state index contributed by atoms with van der Waals surface area (Å²) in [6, 6.07) is 18.4. The summed E-state index contributed by atoms with van der Waals surface area (Å²) in [5.74, 6) is -1.21. The van der Waals surface area contributed by atoms with Crippen LogP contribution in [0.4, 0.5) is 5.69 Å². The molecule has 1 amide bonds. The van der Waals surface area contributed by atoms with Crippen LogP contribution in [-0.4, -0.2) is 26.5 Å². The lowest BCUT2D eigenvalue weighted by molar-refractivity contribution is -0.110. The van der Waals surface area contributed by atoms with Gasteiger partial charge < -0.3 is 10.4 Å². The first-order chi connectivity index (χ1) is 15.4. The van der Waals surface area contributed by atoms with E-state index in [4.69, 9.17) is 0 Å². The van der Waals surface area contributed by atoms with Gasteiger partial charge in [0.25, 0.3) is 11.5 Å². The van der Waals surface area contributed by atoms with Gasteiger partial charge in [-0.25, -0.2) is 9.78 Å². The largest absolute Gasteiger partial charge is 0.478 e. The molecule has 8 heteroatoms. The van der Waals surface area contributed by atoms with Crippen LogP contribution >= 0.6 is 15.9 Å². The molecule has 0 radical (unpaired) electrons. The Labute approximate surface area is 189 Å². The van der Waals surface area contributed by atoms with Gasteiger partial charge in [0.15, 0.2) is 0 Å². The summed E-state index contributed by atoms with van der Waals surface area (Å²) in [5.41, 5.74) is 2.18. The number of hydrogen-bond acceptors (Lipinski definition) is 4. The molecule has 0 aliphatic carbocycles. The number of halogens is 1. The van der Waals surface area contributed by atoms with Crippen molar-refractivity contribution in [3.8, 4) is 5.69 Å². The van der Waals surface area contributed by atoms with E-state index in [1.807, 2.05) is 12.1 Å². The minimum atomic E-state index is -1.11. The van der Waals surface area contributed by atoms with Crippen LogP contribution in [0.1, 0.15) is 21.7 Å². The van der Waals surface area contributed by atoms with Crippen LogP contribution in [0.5, 0.6) is 0 Å². The van der Waals surface area contributed by atoms with E-state index >= 15 is 0 Å². The fourth-order valence-corrected chi connectivity index (χ4v) is 4.07. The molecule has 0 fully saturated rings. The highest BCUT2D eigenvalue weighted by molar-refractivity contribution is 9.10. The van der Waals surface area contributed by atoms with Crippen LogP contribution in [0.15, 0.2) is 76.0 Å². The summed E-state index contributed by atoms with van der Waals surface area (Å²) in [6.45, 7) is 0. The summed E-state index contributed by atoms with van der Waals surface area (Å²) < 4.78 is 2.13. The number of anilines is 1. The third kappa shape index (κ3) is 3.30. The average Bonchev–Trinajstić information content (AvgIpc) is 3.08. The number of aromatic carboxylic acids is 1. The first-order valence-electron chi connectivity index (χ1n) is 9.61. The number of fused-ring (bicyclic) bond motifs is 2. The fourth-order valence-electron chi connectivity index (χ4n) is 3.71. The number of nitrogens with one attached hydrogen (secondary N) is 1. The highest BCUT2D eigenvalue weighted by atomic mass is 79.9. The number of amides is 1. The van der Waals surface area contributed by atoms with Gasteiger partial charge in [-0.3, -0.25) is 14.2 Å². The van der Waals surface area contributed by atoms with Gasteiger partial charge >= 0.3 is 5.97 Å². The number of benzene rings is 3. The summed E-state index contributed by atoms with van der Waals surface area (Å²) >= 11 is 3.42. The molecular weight excluding hydrogens is 474 g/mol. The lowest BCUT2D eigenvalue weighted by Crippen LogP contribution is -2.23. The molecule has 4 aromatic rings. The smallest absolute Gasteiger partial charge is 0.335 e. The monoisotopic (exact) mass is 487 g/mol. The van der Waals surface area contributed by atoms with Gasteiger partial charge in [0.1, 0.15) is 5.82 Å². The molecule has 32 heavy (non-hydrogen) atoms. The quantitative estimate of drug-likeness (QED) is 0.418. The van der Waals surface area contributed by atoms with Gasteiger partial charge in [-0.1, -0.05) is 34.1 Å². The van der Waals surface area contributed by atoms with Gasteiger partial charge in [-0.05, 0) is 54.6 Å². The molecule has 1 aliphatic rings. The Morgan fingerprint density at radius 2 is 1.84 bits per heavy atom. The summed E-state index contributed by atoms with van der Waals surface area (Å²) in [4.78, 5) is 42.2. The second kappa shape index (κ2) is 7.58. The van der Waals surface area contributed by atoms with Crippen LogP contribution in [0.3, 0.4) is 0 Å². The van der Waals surface area contributed by atoms with Crippen molar-refractivity contribution in [2.75, 3.05) is 5.32 Å². The van der Waals surface area contributed by atoms with E-state index < -0.39 is 5.97 Å². The number of nitrogens with zero attached hydrogens (tertiary/aromatic N) is 2. The van der Waals surface area contributed by atoms with Gasteiger partial charge in [0, 0.05) is 15.7 Å². The first kappa shape index (κ1) is 19.9. The molecule has 0 saturated heterocycles. The van der Waals surface area contributed by atoms with Crippen molar-refractivity contribution in [2.24, 2.45) is 0 Å². The summed E-state index contributed by atoms with van der Waals surface area (Å²) in [6.07, 6.45) is 1.55. The molecule has 156 valence electrons. The normalized spacial score (nSPS) is 13.9. The fraction of sp³-hybridized carbons (Fsp3) is 0. The Morgan fingerprint density at radius 1 is 1.03 bits per heavy atom. The Bertz CT molecular complexity index is 1540. The maximum atomic E-state index is 13.4. The SMILES string of the molecule is O=C1Nc2ccc(Br)cc2C1=Cc1nc2ccccc2c(=O)n1-c1cccc(C(=O)O)c1. The van der Waals surface area contributed by atoms with Crippen molar-refractivity contribution in [3.05, 3.63) is 98.5 Å². The Hall–Kier alpha value is -4.04. The van der Waals surface area contributed by atoms with Crippen LogP contribution < -0.4 is 10.9 Å². The molecular formula is C24H14BrN3O4. The molecule has 7 nitrogen and oxygen atoms in total. The van der Waals surface area contributed by atoms with E-state index in [-0.39, 0.29) is 22.9 Å². The third-order valence-corrected chi connectivity index (χ3v) is 5.68. The maximum absolute atomic E-state index is 13.4. The zero-order valence-electron chi connectivity index (χ0n) is 16.4. The molecule has 0 bridgehead atoms. The minimum absolute atomic E-state index is 0.0362. The molecule has 2 N–H and O–H groups in total. The van der Waals surface area contributed by atoms with Crippen molar-refractivity contribution in [2.45, 2.75) is 0 Å². The Morgan fingerprint density at radius 3 is 2.66 bits per heavy atom. The van der Waals surface area contributed by atoms with Gasteiger partial charge in [0.05, 0.1) is 27.7 Å². The van der Waals surface area contributed by atoms with Crippen LogP contribution in [-0.2, 0) is 4.79 Å². The number of carbonyl (C=O) groups excluding carboxylic acids is 1. The van der Waals surface area contributed by atoms with Crippen LogP contribution in [0.25, 0.3) is 28.2 Å². The van der Waals surface area contributed by atoms with Crippen LogP contribution in [0, 0.1) is 0 Å². The number of carboxylic acid groups (broad SMARTS) is 1. The van der Waals surface area contributed by atoms with Crippen molar-refractivity contribution in [1.82, 2.24) is 9.55 Å². The lowest BCUT2D eigenvalue weighted by atomic mass is 10.1. The highest BCUT2D eigenvalue weighted by Crippen LogP contribution is 2.35. The Balaban J connectivity index is 1.82. The van der Waals surface area contributed by atoms with Crippen molar-refractivity contribution in [1.29, 1.82) is 0 Å². The number of hydrogen-bond donors (Lipinski definition) is 2.